The number of hydrogen-bond donors (Lipinski definition) is 1. The fourth-order valence-electron chi connectivity index (χ4n) is 4.00. The summed E-state index contributed by atoms with van der Waals surface area (Å²) in [7, 11) is 0. The molecular weight excluding hydrogens is 386 g/mol. The lowest BCUT2D eigenvalue weighted by Gasteiger charge is -2.26. The van der Waals surface area contributed by atoms with Crippen molar-refractivity contribution in [3.05, 3.63) is 63.4 Å². The average Bonchev–Trinajstić information content (AvgIpc) is 3.07. The van der Waals surface area contributed by atoms with Gasteiger partial charge in [0.15, 0.2) is 0 Å². The molecule has 1 aliphatic rings. The number of amides is 1. The molecule has 1 aliphatic carbocycles. The molecule has 30 heavy (non-hydrogen) atoms. The van der Waals surface area contributed by atoms with Gasteiger partial charge in [0, 0.05) is 0 Å². The highest BCUT2D eigenvalue weighted by Gasteiger charge is 2.25. The maximum atomic E-state index is 13.0. The van der Waals surface area contributed by atoms with Gasteiger partial charge in [-0.2, -0.15) is 0 Å². The van der Waals surface area contributed by atoms with Crippen LogP contribution in [0.4, 0.5) is 0 Å². The molecule has 0 saturated carbocycles. The molecule has 1 atom stereocenters. The Kier molecular flexibility index (Phi) is 5.39. The van der Waals surface area contributed by atoms with Crippen LogP contribution in [0.5, 0.6) is 0 Å². The lowest BCUT2D eigenvalue weighted by Crippen LogP contribution is -2.36. The van der Waals surface area contributed by atoms with E-state index in [1.165, 1.54) is 16.5 Å². The topological polar surface area (TPSA) is 103 Å². The predicted molar refractivity (Wildman–Crippen MR) is 109 cm³/mol. The third-order valence-electron chi connectivity index (χ3n) is 5.35. The van der Waals surface area contributed by atoms with Gasteiger partial charge in [-0.25, -0.2) is 9.78 Å². The summed E-state index contributed by atoms with van der Waals surface area (Å²) in [6.45, 7) is 3.22. The van der Waals surface area contributed by atoms with E-state index in [0.29, 0.717) is 0 Å². The van der Waals surface area contributed by atoms with Crippen molar-refractivity contribution < 1.29 is 18.7 Å². The molecule has 2 heterocycles. The summed E-state index contributed by atoms with van der Waals surface area (Å²) in [6, 6.07) is 7.98. The Balaban J connectivity index is 1.59. The minimum atomic E-state index is -0.645. The first-order valence-corrected chi connectivity index (χ1v) is 10.0. The van der Waals surface area contributed by atoms with Gasteiger partial charge in [0.1, 0.15) is 29.6 Å². The number of aryl methyl sites for hydroxylation is 2. The van der Waals surface area contributed by atoms with E-state index in [4.69, 9.17) is 9.15 Å². The molecule has 2 aromatic heterocycles. The van der Waals surface area contributed by atoms with Crippen LogP contribution in [0, 0.1) is 6.92 Å². The van der Waals surface area contributed by atoms with Crippen molar-refractivity contribution in [2.24, 2.45) is 0 Å². The summed E-state index contributed by atoms with van der Waals surface area (Å²) >= 11 is 0. The van der Waals surface area contributed by atoms with Crippen molar-refractivity contribution in [3.8, 4) is 0 Å². The molecule has 1 amide bonds. The first-order valence-electron chi connectivity index (χ1n) is 10.0. The van der Waals surface area contributed by atoms with Crippen LogP contribution < -0.4 is 10.9 Å². The zero-order valence-electron chi connectivity index (χ0n) is 16.9. The fourth-order valence-corrected chi connectivity index (χ4v) is 4.00. The number of fused-ring (bicyclic) bond motifs is 2. The summed E-state index contributed by atoms with van der Waals surface area (Å²) in [5.41, 5.74) is 1.95. The third-order valence-corrected chi connectivity index (χ3v) is 5.35. The quantitative estimate of drug-likeness (QED) is 0.650. The molecule has 0 saturated heterocycles. The van der Waals surface area contributed by atoms with Crippen LogP contribution in [0.1, 0.15) is 53.1 Å². The number of carbonyl (C=O) groups excluding carboxylic acids is 2. The lowest BCUT2D eigenvalue weighted by atomic mass is 9.88. The van der Waals surface area contributed by atoms with Gasteiger partial charge in [-0.15, -0.1) is 0 Å². The van der Waals surface area contributed by atoms with Crippen LogP contribution in [0.2, 0.25) is 0 Å². The highest BCUT2D eigenvalue weighted by molar-refractivity contribution is 6.03. The summed E-state index contributed by atoms with van der Waals surface area (Å²) in [5.74, 6) is -0.680. The monoisotopic (exact) mass is 409 g/mol. The molecule has 8 nitrogen and oxygen atoms in total. The number of furan rings is 1. The number of carbonyl (C=O) groups is 2. The first-order chi connectivity index (χ1) is 14.5. The van der Waals surface area contributed by atoms with Crippen molar-refractivity contribution >= 4 is 23.0 Å². The number of benzene rings is 1. The van der Waals surface area contributed by atoms with Crippen LogP contribution in [0.25, 0.3) is 11.1 Å². The van der Waals surface area contributed by atoms with Gasteiger partial charge in [-0.05, 0) is 44.2 Å². The standard InChI is InChI=1S/C22H23N3O5/c1-3-29-22(28)18-13(2)30-20-19(18)21(27)25(12-23-20)11-17(26)24-16-10-6-8-14-7-4-5-9-15(14)16/h4-5,7,9,12,16H,3,6,8,10-11H2,1-2H3,(H,24,26). The van der Waals surface area contributed by atoms with Crippen LogP contribution in [0.15, 0.2) is 39.8 Å². The van der Waals surface area contributed by atoms with Crippen molar-refractivity contribution in [2.75, 3.05) is 6.61 Å². The van der Waals surface area contributed by atoms with E-state index in [1.54, 1.807) is 13.8 Å². The number of nitrogens with zero attached hydrogens (tertiary/aromatic N) is 2. The molecule has 0 bridgehead atoms. The van der Waals surface area contributed by atoms with E-state index in [0.717, 1.165) is 24.8 Å². The molecule has 1 N–H and O–H groups in total. The van der Waals surface area contributed by atoms with Gasteiger partial charge in [-0.1, -0.05) is 24.3 Å². The van der Waals surface area contributed by atoms with Crippen molar-refractivity contribution in [3.63, 3.8) is 0 Å². The van der Waals surface area contributed by atoms with Crippen molar-refractivity contribution in [2.45, 2.75) is 45.7 Å². The number of aromatic nitrogens is 2. The Morgan fingerprint density at radius 1 is 1.33 bits per heavy atom. The van der Waals surface area contributed by atoms with Crippen LogP contribution in [-0.2, 0) is 22.5 Å². The summed E-state index contributed by atoms with van der Waals surface area (Å²) in [4.78, 5) is 42.0. The van der Waals surface area contributed by atoms with Gasteiger partial charge in [-0.3, -0.25) is 14.2 Å². The molecule has 0 fully saturated rings. The van der Waals surface area contributed by atoms with E-state index >= 15 is 0 Å². The van der Waals surface area contributed by atoms with E-state index in [-0.39, 0.29) is 47.5 Å². The highest BCUT2D eigenvalue weighted by Crippen LogP contribution is 2.29. The SMILES string of the molecule is CCOC(=O)c1c(C)oc2ncn(CC(=O)NC3CCCc4ccccc43)c(=O)c12. The summed E-state index contributed by atoms with van der Waals surface area (Å²) in [6.07, 6.45) is 4.10. The Labute approximate surface area is 172 Å². The van der Waals surface area contributed by atoms with Gasteiger partial charge >= 0.3 is 5.97 Å². The smallest absolute Gasteiger partial charge is 0.342 e. The van der Waals surface area contributed by atoms with E-state index in [1.807, 2.05) is 18.2 Å². The van der Waals surface area contributed by atoms with Gasteiger partial charge in [0.2, 0.25) is 11.6 Å². The number of hydrogen-bond acceptors (Lipinski definition) is 6. The molecule has 156 valence electrons. The molecule has 0 spiro atoms. The van der Waals surface area contributed by atoms with Gasteiger partial charge in [0.05, 0.1) is 12.6 Å². The number of ether oxygens (including phenoxy) is 1. The third kappa shape index (κ3) is 3.60. The number of rotatable bonds is 5. The lowest BCUT2D eigenvalue weighted by molar-refractivity contribution is -0.122. The Morgan fingerprint density at radius 3 is 2.93 bits per heavy atom. The van der Waals surface area contributed by atoms with Crippen LogP contribution >= 0.6 is 0 Å². The second kappa shape index (κ2) is 8.14. The average molecular weight is 409 g/mol. The van der Waals surface area contributed by atoms with Crippen molar-refractivity contribution in [1.29, 1.82) is 0 Å². The zero-order chi connectivity index (χ0) is 21.3. The Morgan fingerprint density at radius 2 is 2.13 bits per heavy atom. The minimum Gasteiger partial charge on any atom is -0.462 e. The molecule has 1 unspecified atom stereocenters. The molecule has 8 heteroatoms. The van der Waals surface area contributed by atoms with Crippen molar-refractivity contribution in [1.82, 2.24) is 14.9 Å². The highest BCUT2D eigenvalue weighted by atomic mass is 16.5. The molecule has 4 rings (SSSR count). The summed E-state index contributed by atoms with van der Waals surface area (Å²) in [5, 5.41) is 3.05. The molecule has 0 aliphatic heterocycles. The maximum Gasteiger partial charge on any atom is 0.342 e. The Bertz CT molecular complexity index is 1180. The Hall–Kier alpha value is -3.42. The first kappa shape index (κ1) is 19.9. The van der Waals surface area contributed by atoms with Gasteiger partial charge < -0.3 is 14.5 Å². The van der Waals surface area contributed by atoms with E-state index in [9.17, 15) is 14.4 Å². The molecule has 3 aromatic rings. The number of nitrogens with one attached hydrogen (secondary N) is 1. The van der Waals surface area contributed by atoms with E-state index in [2.05, 4.69) is 16.4 Å². The molecule has 0 radical (unpaired) electrons. The van der Waals surface area contributed by atoms with Gasteiger partial charge in [0.25, 0.3) is 5.56 Å². The van der Waals surface area contributed by atoms with Crippen LogP contribution in [-0.4, -0.2) is 28.0 Å². The minimum absolute atomic E-state index is 0.0317. The molecular formula is C22H23N3O5. The van der Waals surface area contributed by atoms with E-state index < -0.39 is 11.5 Å². The molecule has 1 aromatic carbocycles. The summed E-state index contributed by atoms with van der Waals surface area (Å²) < 4.78 is 11.7. The second-order valence-electron chi connectivity index (χ2n) is 7.32. The second-order valence-corrected chi connectivity index (χ2v) is 7.32. The maximum absolute atomic E-state index is 13.0. The normalized spacial score (nSPS) is 15.6. The largest absolute Gasteiger partial charge is 0.462 e. The fraction of sp³-hybridized carbons (Fsp3) is 0.364. The van der Waals surface area contributed by atoms with Crippen LogP contribution in [0.3, 0.4) is 0 Å². The predicted octanol–water partition coefficient (Wildman–Crippen LogP) is 2.67. The number of esters is 1. The zero-order valence-corrected chi connectivity index (χ0v) is 16.9.